The monoisotopic (exact) mass is 420 g/mol. The van der Waals surface area contributed by atoms with E-state index in [1.165, 1.54) is 12.5 Å². The zero-order valence-electron chi connectivity index (χ0n) is 15.9. The van der Waals surface area contributed by atoms with Crippen LogP contribution in [0.5, 0.6) is 0 Å². The van der Waals surface area contributed by atoms with Gasteiger partial charge in [0.2, 0.25) is 15.7 Å². The minimum absolute atomic E-state index is 0.0649. The molecule has 0 heterocycles. The van der Waals surface area contributed by atoms with Gasteiger partial charge in [0.15, 0.2) is 0 Å². The Labute approximate surface area is 171 Å². The molecule has 1 amide bonds. The fraction of sp³-hybridized carbons (Fsp3) is 0.381. The number of hydrogen-bond acceptors (Lipinski definition) is 4. The van der Waals surface area contributed by atoms with Crippen LogP contribution in [0.2, 0.25) is 5.02 Å². The van der Waals surface area contributed by atoms with E-state index in [4.69, 9.17) is 11.6 Å². The molecule has 3 rings (SSSR count). The van der Waals surface area contributed by atoms with Crippen molar-refractivity contribution in [1.29, 1.82) is 0 Å². The number of sulfone groups is 1. The molecule has 7 heteroatoms. The lowest BCUT2D eigenvalue weighted by atomic mass is 9.95. The van der Waals surface area contributed by atoms with E-state index in [0.717, 1.165) is 25.7 Å². The minimum Gasteiger partial charge on any atom is -0.376 e. The van der Waals surface area contributed by atoms with E-state index in [1.807, 2.05) is 0 Å². The Bertz CT molecular complexity index is 940. The van der Waals surface area contributed by atoms with Crippen LogP contribution in [0, 0.1) is 6.92 Å². The lowest BCUT2D eigenvalue weighted by molar-refractivity contribution is -0.120. The van der Waals surface area contributed by atoms with Crippen molar-refractivity contribution in [3.05, 3.63) is 53.1 Å². The number of amides is 1. The summed E-state index contributed by atoms with van der Waals surface area (Å²) in [6.07, 6.45) is 5.61. The fourth-order valence-electron chi connectivity index (χ4n) is 3.49. The molecule has 28 heavy (non-hydrogen) atoms. The molecule has 0 aliphatic heterocycles. The van der Waals surface area contributed by atoms with Gasteiger partial charge in [-0.2, -0.15) is 0 Å². The molecule has 5 nitrogen and oxygen atoms in total. The SMILES string of the molecule is Cc1c(NCC(=O)NC2CCCCC2)ccc(S(=O)(=O)c2ccccc2)c1Cl. The van der Waals surface area contributed by atoms with Crippen molar-refractivity contribution in [3.8, 4) is 0 Å². The smallest absolute Gasteiger partial charge is 0.239 e. The van der Waals surface area contributed by atoms with Crippen LogP contribution >= 0.6 is 11.6 Å². The number of hydrogen-bond donors (Lipinski definition) is 2. The van der Waals surface area contributed by atoms with Crippen LogP contribution in [0.3, 0.4) is 0 Å². The molecule has 0 radical (unpaired) electrons. The van der Waals surface area contributed by atoms with E-state index in [9.17, 15) is 13.2 Å². The molecule has 1 aliphatic carbocycles. The second-order valence-electron chi connectivity index (χ2n) is 7.12. The maximum atomic E-state index is 12.8. The van der Waals surface area contributed by atoms with Gasteiger partial charge in [0, 0.05) is 11.7 Å². The van der Waals surface area contributed by atoms with Crippen LogP contribution in [0.15, 0.2) is 52.3 Å². The number of benzene rings is 2. The molecule has 150 valence electrons. The Hall–Kier alpha value is -2.05. The number of carbonyl (C=O) groups excluding carboxylic acids is 1. The molecule has 0 aromatic heterocycles. The van der Waals surface area contributed by atoms with Gasteiger partial charge >= 0.3 is 0 Å². The van der Waals surface area contributed by atoms with Crippen LogP contribution in [-0.4, -0.2) is 26.9 Å². The molecule has 0 saturated heterocycles. The Balaban J connectivity index is 1.71. The first kappa shape index (κ1) is 20.7. The topological polar surface area (TPSA) is 75.3 Å². The van der Waals surface area contributed by atoms with Gasteiger partial charge in [0.25, 0.3) is 0 Å². The second kappa shape index (κ2) is 8.97. The van der Waals surface area contributed by atoms with E-state index in [0.29, 0.717) is 11.3 Å². The summed E-state index contributed by atoms with van der Waals surface area (Å²) < 4.78 is 25.7. The zero-order valence-corrected chi connectivity index (χ0v) is 17.4. The molecule has 1 fully saturated rings. The Kier molecular flexibility index (Phi) is 6.62. The highest BCUT2D eigenvalue weighted by molar-refractivity contribution is 7.91. The molecule has 0 atom stereocenters. The summed E-state index contributed by atoms with van der Waals surface area (Å²) in [5.74, 6) is -0.0663. The summed E-state index contributed by atoms with van der Waals surface area (Å²) in [6, 6.07) is 11.6. The van der Waals surface area contributed by atoms with Crippen molar-refractivity contribution in [1.82, 2.24) is 5.32 Å². The highest BCUT2D eigenvalue weighted by Crippen LogP contribution is 2.33. The molecule has 0 unspecified atom stereocenters. The minimum atomic E-state index is -3.70. The summed E-state index contributed by atoms with van der Waals surface area (Å²) in [6.45, 7) is 1.87. The Morgan fingerprint density at radius 2 is 1.75 bits per heavy atom. The fourth-order valence-corrected chi connectivity index (χ4v) is 5.36. The van der Waals surface area contributed by atoms with Crippen molar-refractivity contribution in [2.24, 2.45) is 0 Å². The van der Waals surface area contributed by atoms with Crippen molar-refractivity contribution in [2.45, 2.75) is 54.9 Å². The van der Waals surface area contributed by atoms with Gasteiger partial charge in [-0.25, -0.2) is 8.42 Å². The second-order valence-corrected chi connectivity index (χ2v) is 9.42. The number of nitrogens with one attached hydrogen (secondary N) is 2. The lowest BCUT2D eigenvalue weighted by Gasteiger charge is -2.23. The predicted molar refractivity (Wildman–Crippen MR) is 112 cm³/mol. The molecule has 2 N–H and O–H groups in total. The van der Waals surface area contributed by atoms with Crippen molar-refractivity contribution in [3.63, 3.8) is 0 Å². The molecular formula is C21H25ClN2O3S. The van der Waals surface area contributed by atoms with Crippen LogP contribution in [0.1, 0.15) is 37.7 Å². The first-order valence-electron chi connectivity index (χ1n) is 9.52. The van der Waals surface area contributed by atoms with Crippen molar-refractivity contribution < 1.29 is 13.2 Å². The van der Waals surface area contributed by atoms with Gasteiger partial charge in [0.05, 0.1) is 21.4 Å². The lowest BCUT2D eigenvalue weighted by Crippen LogP contribution is -2.39. The van der Waals surface area contributed by atoms with E-state index in [1.54, 1.807) is 43.3 Å². The largest absolute Gasteiger partial charge is 0.376 e. The Morgan fingerprint density at radius 1 is 1.07 bits per heavy atom. The highest BCUT2D eigenvalue weighted by atomic mass is 35.5. The van der Waals surface area contributed by atoms with E-state index in [-0.39, 0.29) is 33.3 Å². The van der Waals surface area contributed by atoms with Gasteiger partial charge in [-0.3, -0.25) is 4.79 Å². The summed E-state index contributed by atoms with van der Waals surface area (Å²) in [7, 11) is -3.70. The zero-order chi connectivity index (χ0) is 20.1. The number of rotatable bonds is 6. The van der Waals surface area contributed by atoms with Gasteiger partial charge in [0.1, 0.15) is 0 Å². The summed E-state index contributed by atoms with van der Waals surface area (Å²) in [5.41, 5.74) is 1.25. The molecule has 1 saturated carbocycles. The number of anilines is 1. The standard InChI is InChI=1S/C21H25ClN2O3S/c1-15-18(23-14-20(25)24-16-8-4-2-5-9-16)12-13-19(21(15)22)28(26,27)17-10-6-3-7-11-17/h3,6-7,10-13,16,23H,2,4-5,8-9,14H2,1H3,(H,24,25). The van der Waals surface area contributed by atoms with Crippen LogP contribution < -0.4 is 10.6 Å². The third-order valence-electron chi connectivity index (χ3n) is 5.10. The molecule has 0 bridgehead atoms. The first-order chi connectivity index (χ1) is 13.4. The van der Waals surface area contributed by atoms with Gasteiger partial charge in [-0.15, -0.1) is 0 Å². The molecule has 2 aromatic carbocycles. The molecular weight excluding hydrogens is 396 g/mol. The quantitative estimate of drug-likeness (QED) is 0.728. The third-order valence-corrected chi connectivity index (χ3v) is 7.51. The normalized spacial score (nSPS) is 15.2. The molecule has 1 aliphatic rings. The summed E-state index contributed by atoms with van der Waals surface area (Å²) in [5, 5.41) is 6.29. The summed E-state index contributed by atoms with van der Waals surface area (Å²) in [4.78, 5) is 12.5. The average molecular weight is 421 g/mol. The van der Waals surface area contributed by atoms with E-state index < -0.39 is 9.84 Å². The van der Waals surface area contributed by atoms with Gasteiger partial charge < -0.3 is 10.6 Å². The van der Waals surface area contributed by atoms with Crippen LogP contribution in [0.4, 0.5) is 5.69 Å². The molecule has 2 aromatic rings. The van der Waals surface area contributed by atoms with Crippen LogP contribution in [-0.2, 0) is 14.6 Å². The number of carbonyl (C=O) groups is 1. The maximum absolute atomic E-state index is 12.8. The predicted octanol–water partition coefficient (Wildman–Crippen LogP) is 4.34. The first-order valence-corrected chi connectivity index (χ1v) is 11.4. The van der Waals surface area contributed by atoms with Crippen molar-refractivity contribution >= 4 is 33.0 Å². The molecule has 0 spiro atoms. The number of halogens is 1. The highest BCUT2D eigenvalue weighted by Gasteiger charge is 2.23. The van der Waals surface area contributed by atoms with E-state index in [2.05, 4.69) is 10.6 Å². The van der Waals surface area contributed by atoms with Gasteiger partial charge in [-0.05, 0) is 49.6 Å². The van der Waals surface area contributed by atoms with E-state index >= 15 is 0 Å². The third kappa shape index (κ3) is 4.67. The Morgan fingerprint density at radius 3 is 2.43 bits per heavy atom. The maximum Gasteiger partial charge on any atom is 0.239 e. The average Bonchev–Trinajstić information content (AvgIpc) is 2.70. The van der Waals surface area contributed by atoms with Crippen LogP contribution in [0.25, 0.3) is 0 Å². The summed E-state index contributed by atoms with van der Waals surface area (Å²) >= 11 is 6.38. The van der Waals surface area contributed by atoms with Crippen molar-refractivity contribution in [2.75, 3.05) is 11.9 Å². The van der Waals surface area contributed by atoms with Gasteiger partial charge in [-0.1, -0.05) is 49.1 Å².